The van der Waals surface area contributed by atoms with Crippen molar-refractivity contribution in [1.29, 1.82) is 0 Å². The van der Waals surface area contributed by atoms with Gasteiger partial charge in [-0.3, -0.25) is 0 Å². The highest BCUT2D eigenvalue weighted by molar-refractivity contribution is 5.75. The lowest BCUT2D eigenvalue weighted by Crippen LogP contribution is -2.17. The van der Waals surface area contributed by atoms with Gasteiger partial charge in [-0.15, -0.1) is 0 Å². The summed E-state index contributed by atoms with van der Waals surface area (Å²) in [5.41, 5.74) is 5.36. The second-order valence-electron chi connectivity index (χ2n) is 7.29. The molecule has 0 aliphatic carbocycles. The molecule has 0 bridgehead atoms. The van der Waals surface area contributed by atoms with Crippen molar-refractivity contribution in [2.24, 2.45) is 0 Å². The van der Waals surface area contributed by atoms with E-state index in [-0.39, 0.29) is 0 Å². The average Bonchev–Trinajstić information content (AvgIpc) is 3.19. The molecule has 152 valence electrons. The van der Waals surface area contributed by atoms with E-state index in [9.17, 15) is 0 Å². The first-order valence-electron chi connectivity index (χ1n) is 10.3. The molecule has 0 atom stereocenters. The van der Waals surface area contributed by atoms with E-state index in [0.717, 1.165) is 41.9 Å². The van der Waals surface area contributed by atoms with Crippen molar-refractivity contribution in [2.75, 3.05) is 13.2 Å². The summed E-state index contributed by atoms with van der Waals surface area (Å²) in [7, 11) is 0. The summed E-state index contributed by atoms with van der Waals surface area (Å²) in [6.45, 7) is 4.63. The van der Waals surface area contributed by atoms with E-state index in [4.69, 9.17) is 9.15 Å². The van der Waals surface area contributed by atoms with Gasteiger partial charge in [-0.1, -0.05) is 54.1 Å². The number of ether oxygens (including phenoxy) is 1. The number of para-hydroxylation sites is 2. The quantitative estimate of drug-likeness (QED) is 0.359. The summed E-state index contributed by atoms with van der Waals surface area (Å²) in [6, 6.07) is 24.4. The Balaban J connectivity index is 1.19. The summed E-state index contributed by atoms with van der Waals surface area (Å²) in [5, 5.41) is 3.46. The molecule has 0 radical (unpaired) electrons. The van der Waals surface area contributed by atoms with Crippen molar-refractivity contribution in [3.05, 3.63) is 95.4 Å². The minimum atomic E-state index is 0.606. The first kappa shape index (κ1) is 19.9. The fraction of sp³-hybridized carbons (Fsp3) is 0.192. The Hall–Kier alpha value is -3.37. The first-order valence-corrected chi connectivity index (χ1v) is 10.3. The Morgan fingerprint density at radius 2 is 1.83 bits per heavy atom. The van der Waals surface area contributed by atoms with E-state index in [2.05, 4.69) is 41.5 Å². The van der Waals surface area contributed by atoms with Crippen molar-refractivity contribution < 1.29 is 9.15 Å². The van der Waals surface area contributed by atoms with E-state index >= 15 is 0 Å². The number of rotatable bonds is 9. The van der Waals surface area contributed by atoms with Crippen LogP contribution in [0.2, 0.25) is 0 Å². The van der Waals surface area contributed by atoms with Crippen LogP contribution in [0, 0.1) is 6.92 Å². The highest BCUT2D eigenvalue weighted by Crippen LogP contribution is 2.18. The number of aromatic nitrogens is 1. The fourth-order valence-electron chi connectivity index (χ4n) is 3.25. The zero-order valence-corrected chi connectivity index (χ0v) is 17.2. The summed E-state index contributed by atoms with van der Waals surface area (Å²) in [5.74, 6) is 1.49. The fourth-order valence-corrected chi connectivity index (χ4v) is 3.25. The molecule has 3 aromatic carbocycles. The third kappa shape index (κ3) is 5.58. The Morgan fingerprint density at radius 1 is 0.967 bits per heavy atom. The van der Waals surface area contributed by atoms with Crippen LogP contribution in [0.25, 0.3) is 23.3 Å². The second-order valence-corrected chi connectivity index (χ2v) is 7.29. The van der Waals surface area contributed by atoms with Crippen LogP contribution in [0.5, 0.6) is 5.75 Å². The van der Waals surface area contributed by atoms with Crippen LogP contribution in [0.1, 0.15) is 29.0 Å². The Morgan fingerprint density at radius 3 is 2.67 bits per heavy atom. The van der Waals surface area contributed by atoms with Gasteiger partial charge in [0, 0.05) is 12.6 Å². The van der Waals surface area contributed by atoms with Gasteiger partial charge in [0.25, 0.3) is 0 Å². The van der Waals surface area contributed by atoms with Crippen molar-refractivity contribution in [3.63, 3.8) is 0 Å². The Labute approximate surface area is 177 Å². The van der Waals surface area contributed by atoms with Crippen molar-refractivity contribution >= 4 is 23.3 Å². The number of benzene rings is 3. The van der Waals surface area contributed by atoms with E-state index in [1.807, 2.05) is 60.7 Å². The van der Waals surface area contributed by atoms with Gasteiger partial charge in [0.2, 0.25) is 5.89 Å². The van der Waals surface area contributed by atoms with Gasteiger partial charge in [0.1, 0.15) is 11.3 Å². The minimum absolute atomic E-state index is 0.606. The van der Waals surface area contributed by atoms with Crippen LogP contribution in [-0.4, -0.2) is 18.1 Å². The number of nitrogens with zero attached hydrogens (tertiary/aromatic N) is 1. The maximum absolute atomic E-state index is 5.84. The van der Waals surface area contributed by atoms with Gasteiger partial charge >= 0.3 is 0 Å². The maximum Gasteiger partial charge on any atom is 0.220 e. The molecule has 1 heterocycles. The molecule has 1 N–H and O–H groups in total. The van der Waals surface area contributed by atoms with Gasteiger partial charge in [0.05, 0.1) is 6.61 Å². The number of oxazole rings is 1. The molecule has 4 heteroatoms. The van der Waals surface area contributed by atoms with E-state index < -0.39 is 0 Å². The molecule has 1 aromatic heterocycles. The van der Waals surface area contributed by atoms with Crippen molar-refractivity contribution in [2.45, 2.75) is 19.9 Å². The second kappa shape index (κ2) is 9.90. The topological polar surface area (TPSA) is 47.3 Å². The third-order valence-corrected chi connectivity index (χ3v) is 4.79. The molecule has 0 unspecified atom stereocenters. The van der Waals surface area contributed by atoms with Gasteiger partial charge in [-0.25, -0.2) is 4.98 Å². The van der Waals surface area contributed by atoms with E-state index in [0.29, 0.717) is 12.5 Å². The predicted molar refractivity (Wildman–Crippen MR) is 122 cm³/mol. The molecule has 30 heavy (non-hydrogen) atoms. The largest absolute Gasteiger partial charge is 0.494 e. The van der Waals surface area contributed by atoms with Gasteiger partial charge in [-0.2, -0.15) is 0 Å². The Kier molecular flexibility index (Phi) is 6.58. The molecule has 0 aliphatic heterocycles. The number of hydrogen-bond acceptors (Lipinski definition) is 4. The number of fused-ring (bicyclic) bond motifs is 1. The van der Waals surface area contributed by atoms with Crippen LogP contribution in [0.15, 0.2) is 77.2 Å². The minimum Gasteiger partial charge on any atom is -0.494 e. The molecule has 0 saturated carbocycles. The van der Waals surface area contributed by atoms with Crippen molar-refractivity contribution in [3.8, 4) is 5.75 Å². The zero-order valence-electron chi connectivity index (χ0n) is 17.2. The molecular weight excluding hydrogens is 372 g/mol. The SMILES string of the molecule is Cc1cccc(CNCCCOc2ccc(C=Cc3nc4ccccc4o3)cc2)c1. The monoisotopic (exact) mass is 398 g/mol. The van der Waals surface area contributed by atoms with Gasteiger partial charge in [0.15, 0.2) is 5.58 Å². The highest BCUT2D eigenvalue weighted by atomic mass is 16.5. The lowest BCUT2D eigenvalue weighted by Gasteiger charge is -2.08. The van der Waals surface area contributed by atoms with E-state index in [1.165, 1.54) is 11.1 Å². The molecule has 0 saturated heterocycles. The molecule has 0 amide bonds. The molecule has 0 spiro atoms. The van der Waals surface area contributed by atoms with Crippen LogP contribution in [-0.2, 0) is 6.54 Å². The maximum atomic E-state index is 5.84. The summed E-state index contributed by atoms with van der Waals surface area (Å²) < 4.78 is 11.5. The highest BCUT2D eigenvalue weighted by Gasteiger charge is 2.01. The average molecular weight is 399 g/mol. The predicted octanol–water partition coefficient (Wildman–Crippen LogP) is 5.87. The molecule has 0 aliphatic rings. The lowest BCUT2D eigenvalue weighted by molar-refractivity contribution is 0.308. The first-order chi connectivity index (χ1) is 14.8. The normalized spacial score (nSPS) is 11.4. The smallest absolute Gasteiger partial charge is 0.220 e. The van der Waals surface area contributed by atoms with Crippen LogP contribution in [0.4, 0.5) is 0 Å². The number of hydrogen-bond donors (Lipinski definition) is 1. The van der Waals surface area contributed by atoms with Crippen LogP contribution >= 0.6 is 0 Å². The number of nitrogens with one attached hydrogen (secondary N) is 1. The summed E-state index contributed by atoms with van der Waals surface area (Å²) in [4.78, 5) is 4.45. The van der Waals surface area contributed by atoms with E-state index in [1.54, 1.807) is 0 Å². The van der Waals surface area contributed by atoms with Gasteiger partial charge < -0.3 is 14.5 Å². The standard InChI is InChI=1S/C26H26N2O2/c1-20-6-4-7-22(18-20)19-27-16-5-17-29-23-13-10-21(11-14-23)12-15-26-28-24-8-2-3-9-25(24)30-26/h2-4,6-15,18,27H,5,16-17,19H2,1H3. The summed E-state index contributed by atoms with van der Waals surface area (Å²) in [6.07, 6.45) is 4.84. The van der Waals surface area contributed by atoms with Gasteiger partial charge in [-0.05, 0) is 61.4 Å². The Bertz CT molecular complexity index is 1080. The lowest BCUT2D eigenvalue weighted by atomic mass is 10.1. The molecule has 4 nitrogen and oxygen atoms in total. The zero-order chi connectivity index (χ0) is 20.6. The van der Waals surface area contributed by atoms with Crippen LogP contribution in [0.3, 0.4) is 0 Å². The number of aryl methyl sites for hydroxylation is 1. The summed E-state index contributed by atoms with van der Waals surface area (Å²) >= 11 is 0. The molecule has 4 aromatic rings. The molecule has 4 rings (SSSR count). The molecular formula is C26H26N2O2. The molecule has 0 fully saturated rings. The van der Waals surface area contributed by atoms with Crippen LogP contribution < -0.4 is 10.1 Å². The third-order valence-electron chi connectivity index (χ3n) is 4.79. The van der Waals surface area contributed by atoms with Crippen molar-refractivity contribution in [1.82, 2.24) is 10.3 Å².